The number of anilines is 2. The van der Waals surface area contributed by atoms with E-state index < -0.39 is 4.92 Å². The molecule has 1 unspecified atom stereocenters. The van der Waals surface area contributed by atoms with Crippen LogP contribution in [0.1, 0.15) is 6.92 Å². The standard InChI is InChI=1S/C11H15N7O2/c1-8(6-17-5-4-13-7-17)14-11-9(18(19)20)2-3-10(15-11)16-12/h2-5,7-8H,6,12H2,1H3,(H2,14,15,16). The molecular formula is C11H15N7O2. The van der Waals surface area contributed by atoms with Crippen LogP contribution in [0.25, 0.3) is 0 Å². The predicted octanol–water partition coefficient (Wildman–Crippen LogP) is 0.973. The van der Waals surface area contributed by atoms with E-state index in [4.69, 9.17) is 5.84 Å². The molecule has 0 saturated heterocycles. The zero-order valence-electron chi connectivity index (χ0n) is 10.9. The van der Waals surface area contributed by atoms with E-state index in [2.05, 4.69) is 20.7 Å². The minimum absolute atomic E-state index is 0.0663. The van der Waals surface area contributed by atoms with E-state index in [9.17, 15) is 10.1 Å². The highest BCUT2D eigenvalue weighted by atomic mass is 16.6. The lowest BCUT2D eigenvalue weighted by molar-refractivity contribution is -0.384. The highest BCUT2D eigenvalue weighted by Crippen LogP contribution is 2.24. The number of nitro groups is 1. The van der Waals surface area contributed by atoms with E-state index in [0.29, 0.717) is 12.4 Å². The Bertz CT molecular complexity index is 584. The van der Waals surface area contributed by atoms with Crippen molar-refractivity contribution in [3.8, 4) is 0 Å². The molecule has 0 bridgehead atoms. The van der Waals surface area contributed by atoms with Gasteiger partial charge in [-0.25, -0.2) is 15.8 Å². The van der Waals surface area contributed by atoms with Gasteiger partial charge in [0, 0.05) is 31.0 Å². The summed E-state index contributed by atoms with van der Waals surface area (Å²) in [6.45, 7) is 2.51. The third-order valence-corrected chi connectivity index (χ3v) is 2.65. The Morgan fingerprint density at radius 2 is 2.35 bits per heavy atom. The number of imidazole rings is 1. The molecule has 2 rings (SSSR count). The highest BCUT2D eigenvalue weighted by Gasteiger charge is 2.17. The van der Waals surface area contributed by atoms with Crippen LogP contribution < -0.4 is 16.6 Å². The molecule has 0 aliphatic heterocycles. The molecule has 0 spiro atoms. The number of nitrogens with two attached hydrogens (primary N) is 1. The van der Waals surface area contributed by atoms with Crippen molar-refractivity contribution in [2.75, 3.05) is 10.7 Å². The Morgan fingerprint density at radius 3 is 2.95 bits per heavy atom. The number of hydrazine groups is 1. The number of pyridine rings is 1. The number of nitrogens with zero attached hydrogens (tertiary/aromatic N) is 4. The lowest BCUT2D eigenvalue weighted by Crippen LogP contribution is -2.23. The molecule has 2 heterocycles. The van der Waals surface area contributed by atoms with Crippen molar-refractivity contribution in [2.24, 2.45) is 5.84 Å². The lowest BCUT2D eigenvalue weighted by atomic mass is 10.3. The first-order chi connectivity index (χ1) is 9.60. The lowest BCUT2D eigenvalue weighted by Gasteiger charge is -2.15. The van der Waals surface area contributed by atoms with Crippen LogP contribution in [0.3, 0.4) is 0 Å². The van der Waals surface area contributed by atoms with E-state index in [-0.39, 0.29) is 17.5 Å². The van der Waals surface area contributed by atoms with Gasteiger partial charge in [0.2, 0.25) is 5.82 Å². The minimum Gasteiger partial charge on any atom is -0.360 e. The highest BCUT2D eigenvalue weighted by molar-refractivity contribution is 5.60. The molecule has 0 fully saturated rings. The van der Waals surface area contributed by atoms with Gasteiger partial charge < -0.3 is 15.3 Å². The molecule has 0 aromatic carbocycles. The van der Waals surface area contributed by atoms with E-state index >= 15 is 0 Å². The van der Waals surface area contributed by atoms with Gasteiger partial charge in [-0.05, 0) is 13.0 Å². The summed E-state index contributed by atoms with van der Waals surface area (Å²) in [5, 5.41) is 14.0. The molecule has 9 nitrogen and oxygen atoms in total. The Kier molecular flexibility index (Phi) is 4.11. The smallest absolute Gasteiger partial charge is 0.311 e. The largest absolute Gasteiger partial charge is 0.360 e. The van der Waals surface area contributed by atoms with Crippen molar-refractivity contribution in [3.05, 3.63) is 41.0 Å². The van der Waals surface area contributed by atoms with Crippen LogP contribution in [0.15, 0.2) is 30.9 Å². The van der Waals surface area contributed by atoms with Crippen molar-refractivity contribution in [1.82, 2.24) is 14.5 Å². The fraction of sp³-hybridized carbons (Fsp3) is 0.273. The van der Waals surface area contributed by atoms with Crippen molar-refractivity contribution in [3.63, 3.8) is 0 Å². The molecule has 0 aliphatic rings. The van der Waals surface area contributed by atoms with Gasteiger partial charge >= 0.3 is 5.69 Å². The van der Waals surface area contributed by atoms with E-state index in [1.165, 1.54) is 12.1 Å². The Labute approximate surface area is 115 Å². The summed E-state index contributed by atoms with van der Waals surface area (Å²) in [4.78, 5) is 18.5. The Balaban J connectivity index is 2.16. The Morgan fingerprint density at radius 1 is 1.55 bits per heavy atom. The van der Waals surface area contributed by atoms with E-state index in [1.807, 2.05) is 17.7 Å². The Hall–Kier alpha value is -2.68. The van der Waals surface area contributed by atoms with Crippen LogP contribution in [0.2, 0.25) is 0 Å². The quantitative estimate of drug-likeness (QED) is 0.408. The average Bonchev–Trinajstić information content (AvgIpc) is 2.90. The molecule has 0 radical (unpaired) electrons. The minimum atomic E-state index is -0.487. The first kappa shape index (κ1) is 13.7. The van der Waals surface area contributed by atoms with Crippen molar-refractivity contribution >= 4 is 17.3 Å². The first-order valence-corrected chi connectivity index (χ1v) is 5.94. The molecule has 0 saturated carbocycles. The maximum Gasteiger partial charge on any atom is 0.311 e. The van der Waals surface area contributed by atoms with Gasteiger partial charge in [-0.2, -0.15) is 0 Å². The third kappa shape index (κ3) is 3.20. The topological polar surface area (TPSA) is 124 Å². The summed E-state index contributed by atoms with van der Waals surface area (Å²) in [5.74, 6) is 5.80. The second-order valence-corrected chi connectivity index (χ2v) is 4.27. The number of aromatic nitrogens is 3. The van der Waals surface area contributed by atoms with Crippen LogP contribution in [0.5, 0.6) is 0 Å². The summed E-state index contributed by atoms with van der Waals surface area (Å²) in [6.07, 6.45) is 5.17. The number of nitrogen functional groups attached to an aromatic ring is 1. The van der Waals surface area contributed by atoms with Crippen LogP contribution in [-0.4, -0.2) is 25.5 Å². The average molecular weight is 277 g/mol. The molecule has 9 heteroatoms. The van der Waals surface area contributed by atoms with Crippen LogP contribution in [-0.2, 0) is 6.54 Å². The summed E-state index contributed by atoms with van der Waals surface area (Å²) in [7, 11) is 0. The SMILES string of the molecule is CC(Cn1ccnc1)Nc1nc(NN)ccc1[N+](=O)[O-]. The molecule has 20 heavy (non-hydrogen) atoms. The van der Waals surface area contributed by atoms with Crippen LogP contribution >= 0.6 is 0 Å². The third-order valence-electron chi connectivity index (χ3n) is 2.65. The molecule has 106 valence electrons. The summed E-state index contributed by atoms with van der Waals surface area (Å²) < 4.78 is 1.87. The molecule has 0 amide bonds. The second-order valence-electron chi connectivity index (χ2n) is 4.27. The van der Waals surface area contributed by atoms with Crippen molar-refractivity contribution < 1.29 is 4.92 Å². The number of hydrogen-bond acceptors (Lipinski definition) is 7. The molecule has 0 aliphatic carbocycles. The molecule has 2 aromatic rings. The van der Waals surface area contributed by atoms with Gasteiger partial charge in [0.15, 0.2) is 0 Å². The number of rotatable bonds is 6. The molecule has 1 atom stereocenters. The van der Waals surface area contributed by atoms with Gasteiger partial charge in [-0.15, -0.1) is 0 Å². The number of hydrogen-bond donors (Lipinski definition) is 3. The van der Waals surface area contributed by atoms with Crippen molar-refractivity contribution in [2.45, 2.75) is 19.5 Å². The van der Waals surface area contributed by atoms with E-state index in [0.717, 1.165) is 0 Å². The van der Waals surface area contributed by atoms with Crippen LogP contribution in [0, 0.1) is 10.1 Å². The van der Waals surface area contributed by atoms with E-state index in [1.54, 1.807) is 12.5 Å². The van der Waals surface area contributed by atoms with Crippen LogP contribution in [0.4, 0.5) is 17.3 Å². The zero-order chi connectivity index (χ0) is 14.5. The zero-order valence-corrected chi connectivity index (χ0v) is 10.9. The fourth-order valence-electron chi connectivity index (χ4n) is 1.78. The normalized spacial score (nSPS) is 11.9. The van der Waals surface area contributed by atoms with Gasteiger partial charge in [0.05, 0.1) is 11.3 Å². The first-order valence-electron chi connectivity index (χ1n) is 5.94. The second kappa shape index (κ2) is 5.97. The predicted molar refractivity (Wildman–Crippen MR) is 74.0 cm³/mol. The number of nitrogens with one attached hydrogen (secondary N) is 2. The fourth-order valence-corrected chi connectivity index (χ4v) is 1.78. The molecule has 4 N–H and O–H groups in total. The van der Waals surface area contributed by atoms with Gasteiger partial charge in [0.25, 0.3) is 0 Å². The maximum atomic E-state index is 11.0. The van der Waals surface area contributed by atoms with Gasteiger partial charge in [0.1, 0.15) is 5.82 Å². The summed E-state index contributed by atoms with van der Waals surface area (Å²) in [5.41, 5.74) is 2.27. The van der Waals surface area contributed by atoms with Crippen molar-refractivity contribution in [1.29, 1.82) is 0 Å². The maximum absolute atomic E-state index is 11.0. The molecule has 2 aromatic heterocycles. The monoisotopic (exact) mass is 277 g/mol. The summed E-state index contributed by atoms with van der Waals surface area (Å²) >= 11 is 0. The molecular weight excluding hydrogens is 262 g/mol. The van der Waals surface area contributed by atoms with Gasteiger partial charge in [-0.3, -0.25) is 10.1 Å². The summed E-state index contributed by atoms with van der Waals surface area (Å²) in [6, 6.07) is 2.74. The van der Waals surface area contributed by atoms with Gasteiger partial charge in [-0.1, -0.05) is 0 Å².